The molecule has 29 heavy (non-hydrogen) atoms. The van der Waals surface area contributed by atoms with Crippen molar-refractivity contribution in [2.75, 3.05) is 6.61 Å². The molecular formula is C23H26O5Si. The third-order valence-corrected chi connectivity index (χ3v) is 10.8. The van der Waals surface area contributed by atoms with E-state index in [1.165, 1.54) is 0 Å². The van der Waals surface area contributed by atoms with E-state index in [-0.39, 0.29) is 29.8 Å². The number of fused-ring (bicyclic) bond motifs is 1. The predicted octanol–water partition coefficient (Wildman–Crippen LogP) is 2.21. The molecule has 0 aromatic heterocycles. The van der Waals surface area contributed by atoms with Gasteiger partial charge in [0.05, 0.1) is 13.0 Å². The second kappa shape index (κ2) is 7.52. The first kappa shape index (κ1) is 20.0. The molecule has 152 valence electrons. The summed E-state index contributed by atoms with van der Waals surface area (Å²) >= 11 is 0. The normalized spacial score (nSPS) is 24.4. The third kappa shape index (κ3) is 3.45. The molecule has 0 amide bonds. The zero-order valence-corrected chi connectivity index (χ0v) is 18.0. The Morgan fingerprint density at radius 3 is 2.00 bits per heavy atom. The molecule has 2 aliphatic heterocycles. The molecule has 0 radical (unpaired) electrons. The van der Waals surface area contributed by atoms with Crippen LogP contribution in [0.25, 0.3) is 0 Å². The molecule has 2 aromatic rings. The van der Waals surface area contributed by atoms with Gasteiger partial charge < -0.3 is 13.9 Å². The molecule has 3 atom stereocenters. The van der Waals surface area contributed by atoms with Crippen LogP contribution in [0, 0.1) is 0 Å². The van der Waals surface area contributed by atoms with E-state index in [4.69, 9.17) is 13.9 Å². The number of hydrogen-bond acceptors (Lipinski definition) is 5. The van der Waals surface area contributed by atoms with E-state index < -0.39 is 26.6 Å². The Hall–Kier alpha value is -2.28. The van der Waals surface area contributed by atoms with Gasteiger partial charge in [-0.15, -0.1) is 0 Å². The highest BCUT2D eigenvalue weighted by atomic mass is 28.4. The van der Waals surface area contributed by atoms with Gasteiger partial charge in [0.15, 0.2) is 6.10 Å². The van der Waals surface area contributed by atoms with Gasteiger partial charge in [0, 0.05) is 0 Å². The summed E-state index contributed by atoms with van der Waals surface area (Å²) < 4.78 is 17.8. The van der Waals surface area contributed by atoms with Crippen molar-refractivity contribution in [3.05, 3.63) is 60.7 Å². The quantitative estimate of drug-likeness (QED) is 0.559. The summed E-state index contributed by atoms with van der Waals surface area (Å²) in [4.78, 5) is 24.2. The Morgan fingerprint density at radius 1 is 0.966 bits per heavy atom. The molecule has 0 bridgehead atoms. The molecule has 2 saturated heterocycles. The molecule has 0 unspecified atom stereocenters. The summed E-state index contributed by atoms with van der Waals surface area (Å²) in [6.07, 6.45) is -1.84. The molecule has 0 N–H and O–H groups in total. The summed E-state index contributed by atoms with van der Waals surface area (Å²) in [5.41, 5.74) is 0. The summed E-state index contributed by atoms with van der Waals surface area (Å²) in [7, 11) is -2.74. The number of ketones is 1. The third-order valence-electron chi connectivity index (χ3n) is 5.77. The highest BCUT2D eigenvalue weighted by Gasteiger charge is 2.54. The van der Waals surface area contributed by atoms with E-state index in [9.17, 15) is 9.59 Å². The second-order valence-electron chi connectivity index (χ2n) is 8.65. The van der Waals surface area contributed by atoms with Crippen molar-refractivity contribution in [3.63, 3.8) is 0 Å². The van der Waals surface area contributed by atoms with Gasteiger partial charge in [-0.05, 0) is 15.4 Å². The van der Waals surface area contributed by atoms with Crippen molar-refractivity contribution in [2.45, 2.75) is 50.5 Å². The number of rotatable bonds is 5. The molecule has 0 spiro atoms. The first-order valence-electron chi connectivity index (χ1n) is 9.96. The Kier molecular flexibility index (Phi) is 5.19. The predicted molar refractivity (Wildman–Crippen MR) is 112 cm³/mol. The zero-order chi connectivity index (χ0) is 20.6. The van der Waals surface area contributed by atoms with Gasteiger partial charge in [-0.25, -0.2) is 0 Å². The van der Waals surface area contributed by atoms with Gasteiger partial charge in [0.2, 0.25) is 5.78 Å². The van der Waals surface area contributed by atoms with Crippen LogP contribution in [0.3, 0.4) is 0 Å². The van der Waals surface area contributed by atoms with E-state index in [1.807, 2.05) is 36.4 Å². The van der Waals surface area contributed by atoms with Gasteiger partial charge >= 0.3 is 5.97 Å². The molecule has 2 fully saturated rings. The number of carbonyl (C=O) groups is 2. The zero-order valence-electron chi connectivity index (χ0n) is 17.0. The van der Waals surface area contributed by atoms with Gasteiger partial charge in [-0.3, -0.25) is 9.59 Å². The van der Waals surface area contributed by atoms with E-state index in [0.29, 0.717) is 0 Å². The second-order valence-corrected chi connectivity index (χ2v) is 13.0. The minimum atomic E-state index is -2.74. The van der Waals surface area contributed by atoms with Crippen molar-refractivity contribution in [2.24, 2.45) is 0 Å². The van der Waals surface area contributed by atoms with Crippen LogP contribution in [0.1, 0.15) is 27.2 Å². The summed E-state index contributed by atoms with van der Waals surface area (Å²) in [5, 5.41) is 2.12. The summed E-state index contributed by atoms with van der Waals surface area (Å²) in [6, 6.07) is 20.5. The Balaban J connectivity index is 1.68. The van der Waals surface area contributed by atoms with E-state index in [2.05, 4.69) is 45.0 Å². The van der Waals surface area contributed by atoms with Crippen molar-refractivity contribution in [1.29, 1.82) is 0 Å². The maximum Gasteiger partial charge on any atom is 0.309 e. The highest BCUT2D eigenvalue weighted by Crippen LogP contribution is 2.37. The lowest BCUT2D eigenvalue weighted by Crippen LogP contribution is -2.67. The van der Waals surface area contributed by atoms with Gasteiger partial charge in [0.25, 0.3) is 8.32 Å². The van der Waals surface area contributed by atoms with Crippen LogP contribution in [0.2, 0.25) is 5.04 Å². The number of hydrogen-bond donors (Lipinski definition) is 0. The number of esters is 1. The minimum absolute atomic E-state index is 0.131. The average Bonchev–Trinajstić information content (AvgIpc) is 3.20. The number of carbonyl (C=O) groups excluding carboxylic acids is 2. The van der Waals surface area contributed by atoms with Crippen LogP contribution in [0.15, 0.2) is 60.7 Å². The van der Waals surface area contributed by atoms with Crippen LogP contribution < -0.4 is 10.4 Å². The summed E-state index contributed by atoms with van der Waals surface area (Å²) in [5.74, 6) is -0.571. The molecule has 5 nitrogen and oxygen atoms in total. The largest absolute Gasteiger partial charge is 0.451 e. The molecule has 0 saturated carbocycles. The fourth-order valence-corrected chi connectivity index (χ4v) is 9.00. The molecule has 4 rings (SSSR count). The maximum absolute atomic E-state index is 12.7. The Labute approximate surface area is 172 Å². The maximum atomic E-state index is 12.7. The van der Waals surface area contributed by atoms with E-state index in [0.717, 1.165) is 10.4 Å². The Bertz CT molecular complexity index is 851. The highest BCUT2D eigenvalue weighted by molar-refractivity contribution is 6.99. The lowest BCUT2D eigenvalue weighted by atomic mass is 10.1. The van der Waals surface area contributed by atoms with Crippen LogP contribution in [-0.4, -0.2) is 45.0 Å². The standard InChI is InChI=1S/C23H26O5Si/c1-23(2,3)29(16-10-6-4-7-11-16,17-12-8-5-9-13-17)26-15-19-21(25)22-18(27-19)14-20(24)28-22/h4-13,18-19,22H,14-15H2,1-3H3/t18-,19-,22+/m1/s1. The van der Waals surface area contributed by atoms with Crippen LogP contribution in [0.4, 0.5) is 0 Å². The van der Waals surface area contributed by atoms with Crippen LogP contribution in [-0.2, 0) is 23.5 Å². The monoisotopic (exact) mass is 410 g/mol. The first-order valence-corrected chi connectivity index (χ1v) is 11.9. The van der Waals surface area contributed by atoms with E-state index >= 15 is 0 Å². The van der Waals surface area contributed by atoms with Crippen molar-refractivity contribution in [3.8, 4) is 0 Å². The van der Waals surface area contributed by atoms with Gasteiger partial charge in [-0.1, -0.05) is 81.4 Å². The SMILES string of the molecule is CC(C)(C)[Si](OC[C@H]1O[C@@H]2CC(=O)O[C@@H]2C1=O)(c1ccccc1)c1ccccc1. The topological polar surface area (TPSA) is 61.8 Å². The van der Waals surface area contributed by atoms with Gasteiger partial charge in [-0.2, -0.15) is 0 Å². The molecule has 6 heteroatoms. The van der Waals surface area contributed by atoms with Crippen molar-refractivity contribution in [1.82, 2.24) is 0 Å². The Morgan fingerprint density at radius 2 is 1.52 bits per heavy atom. The lowest BCUT2D eigenvalue weighted by Gasteiger charge is -2.43. The fraction of sp³-hybridized carbons (Fsp3) is 0.391. The fourth-order valence-electron chi connectivity index (χ4n) is 4.44. The molecule has 0 aliphatic carbocycles. The van der Waals surface area contributed by atoms with Gasteiger partial charge in [0.1, 0.15) is 12.2 Å². The number of ether oxygens (including phenoxy) is 2. The summed E-state index contributed by atoms with van der Waals surface area (Å²) in [6.45, 7) is 6.71. The average molecular weight is 411 g/mol. The minimum Gasteiger partial charge on any atom is -0.451 e. The van der Waals surface area contributed by atoms with Crippen LogP contribution >= 0.6 is 0 Å². The molecule has 2 aliphatic rings. The smallest absolute Gasteiger partial charge is 0.309 e. The van der Waals surface area contributed by atoms with Crippen molar-refractivity contribution >= 4 is 30.4 Å². The van der Waals surface area contributed by atoms with E-state index in [1.54, 1.807) is 0 Å². The molecular weight excluding hydrogens is 384 g/mol. The number of Topliss-reactive ketones (excluding diaryl/α,β-unsaturated/α-hetero) is 1. The van der Waals surface area contributed by atoms with Crippen molar-refractivity contribution < 1.29 is 23.5 Å². The lowest BCUT2D eigenvalue weighted by molar-refractivity contribution is -0.147. The molecule has 2 aromatic carbocycles. The molecule has 2 heterocycles. The number of benzene rings is 2. The first-order chi connectivity index (χ1) is 13.8. The van der Waals surface area contributed by atoms with Crippen LogP contribution in [0.5, 0.6) is 0 Å².